The Kier molecular flexibility index (Phi) is 3.25. The zero-order chi connectivity index (χ0) is 15.1. The van der Waals surface area contributed by atoms with Gasteiger partial charge in [0.2, 0.25) is 0 Å². The topological polar surface area (TPSA) is 30.2 Å². The van der Waals surface area contributed by atoms with Gasteiger partial charge in [0.1, 0.15) is 0 Å². The van der Waals surface area contributed by atoms with E-state index in [0.717, 1.165) is 34.6 Å². The van der Waals surface area contributed by atoms with Gasteiger partial charge in [-0.15, -0.1) is 0 Å². The normalized spacial score (nSPS) is 13.1. The van der Waals surface area contributed by atoms with Gasteiger partial charge in [-0.05, 0) is 35.4 Å². The summed E-state index contributed by atoms with van der Waals surface area (Å²) in [6.07, 6.45) is 6.24. The summed E-state index contributed by atoms with van der Waals surface area (Å²) in [6.45, 7) is 0. The third kappa shape index (κ3) is 2.32. The summed E-state index contributed by atoms with van der Waals surface area (Å²) >= 11 is 12.1. The second-order valence-electron chi connectivity index (χ2n) is 5.15. The molecule has 1 aliphatic heterocycles. The third-order valence-electron chi connectivity index (χ3n) is 3.74. The Bertz CT molecular complexity index is 866. The minimum atomic E-state index is 0.542. The predicted molar refractivity (Wildman–Crippen MR) is 89.9 cm³/mol. The molecule has 0 aliphatic carbocycles. The van der Waals surface area contributed by atoms with Crippen molar-refractivity contribution in [2.24, 2.45) is 4.99 Å². The van der Waals surface area contributed by atoms with Gasteiger partial charge in [0.25, 0.3) is 0 Å². The van der Waals surface area contributed by atoms with Crippen LogP contribution in [0.5, 0.6) is 0 Å². The number of hydrogen-bond donors (Lipinski definition) is 0. The molecule has 3 nitrogen and oxygen atoms in total. The first-order valence-electron chi connectivity index (χ1n) is 6.85. The van der Waals surface area contributed by atoms with Crippen molar-refractivity contribution < 1.29 is 0 Å². The maximum atomic E-state index is 6.07. The lowest BCUT2D eigenvalue weighted by Crippen LogP contribution is -2.00. The Labute approximate surface area is 137 Å². The van der Waals surface area contributed by atoms with E-state index in [1.807, 2.05) is 22.9 Å². The summed E-state index contributed by atoms with van der Waals surface area (Å²) in [7, 11) is 0. The van der Waals surface area contributed by atoms with Crippen LogP contribution in [0.2, 0.25) is 10.0 Å². The van der Waals surface area contributed by atoms with Crippen LogP contribution in [-0.4, -0.2) is 15.3 Å². The van der Waals surface area contributed by atoms with E-state index in [1.54, 1.807) is 12.5 Å². The van der Waals surface area contributed by atoms with Gasteiger partial charge in [-0.1, -0.05) is 35.3 Å². The molecule has 0 saturated carbocycles. The zero-order valence-corrected chi connectivity index (χ0v) is 13.0. The fourth-order valence-electron chi connectivity index (χ4n) is 2.59. The molecule has 0 unspecified atom stereocenters. The summed E-state index contributed by atoms with van der Waals surface area (Å²) in [5.41, 5.74) is 5.23. The number of fused-ring (bicyclic) bond motifs is 1. The molecule has 22 heavy (non-hydrogen) atoms. The molecule has 2 aromatic carbocycles. The molecule has 0 bridgehead atoms. The number of hydrogen-bond acceptors (Lipinski definition) is 2. The van der Waals surface area contributed by atoms with Crippen LogP contribution in [0.4, 0.5) is 5.69 Å². The van der Waals surface area contributed by atoms with Gasteiger partial charge in [0.05, 0.1) is 27.8 Å². The SMILES string of the molecule is Clc1cc2c(cc1Cl)N=C(c1ccc(-n3ccnc3)cc1)C2. The Balaban J connectivity index is 1.65. The summed E-state index contributed by atoms with van der Waals surface area (Å²) in [4.78, 5) is 8.73. The second kappa shape index (κ2) is 5.27. The number of aliphatic imine (C=N–C) groups is 1. The number of imidazole rings is 1. The number of benzene rings is 2. The van der Waals surface area contributed by atoms with Gasteiger partial charge in [-0.25, -0.2) is 4.98 Å². The highest BCUT2D eigenvalue weighted by Gasteiger charge is 2.18. The molecule has 0 radical (unpaired) electrons. The lowest BCUT2D eigenvalue weighted by molar-refractivity contribution is 1.06. The van der Waals surface area contributed by atoms with E-state index in [0.29, 0.717) is 10.0 Å². The number of rotatable bonds is 2. The largest absolute Gasteiger partial charge is 0.306 e. The summed E-state index contributed by atoms with van der Waals surface area (Å²) in [6, 6.07) is 12.0. The number of aromatic nitrogens is 2. The maximum absolute atomic E-state index is 6.07. The standard InChI is InChI=1S/C17H11Cl2N3/c18-14-7-12-8-16(21-17(12)9-15(14)19)11-1-3-13(4-2-11)22-6-5-20-10-22/h1-7,9-10H,8H2. The van der Waals surface area contributed by atoms with Gasteiger partial charge in [-0.3, -0.25) is 4.99 Å². The first kappa shape index (κ1) is 13.6. The average molecular weight is 328 g/mol. The monoisotopic (exact) mass is 327 g/mol. The van der Waals surface area contributed by atoms with Crippen LogP contribution in [0, 0.1) is 0 Å². The smallest absolute Gasteiger partial charge is 0.0991 e. The summed E-state index contributed by atoms with van der Waals surface area (Å²) < 4.78 is 1.97. The van der Waals surface area contributed by atoms with Crippen LogP contribution in [0.3, 0.4) is 0 Å². The van der Waals surface area contributed by atoms with Crippen LogP contribution in [0.25, 0.3) is 5.69 Å². The molecular formula is C17H11Cl2N3. The fourth-order valence-corrected chi connectivity index (χ4v) is 2.94. The molecule has 1 aliphatic rings. The Morgan fingerprint density at radius 1 is 1.00 bits per heavy atom. The molecular weight excluding hydrogens is 317 g/mol. The predicted octanol–water partition coefficient (Wildman–Crippen LogP) is 4.86. The molecule has 0 amide bonds. The Morgan fingerprint density at radius 2 is 1.77 bits per heavy atom. The van der Waals surface area contributed by atoms with Gasteiger partial charge >= 0.3 is 0 Å². The molecule has 108 valence electrons. The molecule has 5 heteroatoms. The van der Waals surface area contributed by atoms with E-state index in [4.69, 9.17) is 23.2 Å². The molecule has 1 aromatic heterocycles. The number of halogens is 2. The molecule has 3 aromatic rings. The van der Waals surface area contributed by atoms with Crippen molar-refractivity contribution >= 4 is 34.6 Å². The molecule has 0 spiro atoms. The minimum absolute atomic E-state index is 0.542. The van der Waals surface area contributed by atoms with E-state index in [2.05, 4.69) is 34.2 Å². The lowest BCUT2D eigenvalue weighted by atomic mass is 10.0. The Hall–Kier alpha value is -2.10. The van der Waals surface area contributed by atoms with E-state index in [1.165, 1.54) is 0 Å². The molecule has 2 heterocycles. The van der Waals surface area contributed by atoms with Crippen molar-refractivity contribution in [1.29, 1.82) is 0 Å². The third-order valence-corrected chi connectivity index (χ3v) is 4.46. The highest BCUT2D eigenvalue weighted by molar-refractivity contribution is 6.42. The van der Waals surface area contributed by atoms with E-state index in [-0.39, 0.29) is 0 Å². The minimum Gasteiger partial charge on any atom is -0.306 e. The van der Waals surface area contributed by atoms with Crippen LogP contribution in [0.1, 0.15) is 11.1 Å². The van der Waals surface area contributed by atoms with Crippen LogP contribution in [-0.2, 0) is 6.42 Å². The molecule has 0 atom stereocenters. The van der Waals surface area contributed by atoms with Gasteiger partial charge in [0, 0.05) is 24.5 Å². The lowest BCUT2D eigenvalue weighted by Gasteiger charge is -2.04. The van der Waals surface area contributed by atoms with Crippen molar-refractivity contribution in [2.45, 2.75) is 6.42 Å². The van der Waals surface area contributed by atoms with Crippen molar-refractivity contribution in [2.75, 3.05) is 0 Å². The second-order valence-corrected chi connectivity index (χ2v) is 5.96. The van der Waals surface area contributed by atoms with E-state index < -0.39 is 0 Å². The highest BCUT2D eigenvalue weighted by atomic mass is 35.5. The maximum Gasteiger partial charge on any atom is 0.0991 e. The first-order valence-corrected chi connectivity index (χ1v) is 7.60. The van der Waals surface area contributed by atoms with Crippen molar-refractivity contribution in [3.05, 3.63) is 76.3 Å². The number of nitrogens with zero attached hydrogens (tertiary/aromatic N) is 3. The highest BCUT2D eigenvalue weighted by Crippen LogP contribution is 2.35. The summed E-state index contributed by atoms with van der Waals surface area (Å²) in [5, 5.41) is 1.12. The summed E-state index contributed by atoms with van der Waals surface area (Å²) in [5.74, 6) is 0. The van der Waals surface area contributed by atoms with Crippen molar-refractivity contribution in [3.63, 3.8) is 0 Å². The molecule has 4 rings (SSSR count). The molecule has 0 fully saturated rings. The van der Waals surface area contributed by atoms with Crippen LogP contribution >= 0.6 is 23.2 Å². The van der Waals surface area contributed by atoms with Gasteiger partial charge < -0.3 is 4.57 Å². The average Bonchev–Trinajstić information content (AvgIpc) is 3.17. The van der Waals surface area contributed by atoms with Crippen LogP contribution < -0.4 is 0 Å². The zero-order valence-electron chi connectivity index (χ0n) is 11.5. The first-order chi connectivity index (χ1) is 10.7. The molecule has 0 saturated heterocycles. The quantitative estimate of drug-likeness (QED) is 0.661. The van der Waals surface area contributed by atoms with Crippen molar-refractivity contribution in [1.82, 2.24) is 9.55 Å². The van der Waals surface area contributed by atoms with E-state index >= 15 is 0 Å². The molecule has 0 N–H and O–H groups in total. The van der Waals surface area contributed by atoms with E-state index in [9.17, 15) is 0 Å². The fraction of sp³-hybridized carbons (Fsp3) is 0.0588. The van der Waals surface area contributed by atoms with Gasteiger partial charge in [-0.2, -0.15) is 0 Å². The Morgan fingerprint density at radius 3 is 2.50 bits per heavy atom. The van der Waals surface area contributed by atoms with Gasteiger partial charge in [0.15, 0.2) is 0 Å². The van der Waals surface area contributed by atoms with Crippen molar-refractivity contribution in [3.8, 4) is 5.69 Å². The van der Waals surface area contributed by atoms with Crippen LogP contribution in [0.15, 0.2) is 60.1 Å².